The van der Waals surface area contributed by atoms with Gasteiger partial charge in [-0.2, -0.15) is 0 Å². The maximum Gasteiger partial charge on any atom is 0.340 e. The number of carbonyl (C=O) groups is 3. The smallest absolute Gasteiger partial charge is 0.340 e. The Bertz CT molecular complexity index is 1150. The number of esters is 1. The van der Waals surface area contributed by atoms with Crippen LogP contribution in [-0.4, -0.2) is 31.4 Å². The van der Waals surface area contributed by atoms with Crippen LogP contribution >= 0.6 is 0 Å². The zero-order chi connectivity index (χ0) is 23.8. The topological polar surface area (TPSA) is 81.7 Å². The van der Waals surface area contributed by atoms with Crippen molar-refractivity contribution in [2.75, 3.05) is 19.0 Å². The van der Waals surface area contributed by atoms with Crippen LogP contribution in [0.4, 0.5) is 5.69 Å². The molecule has 3 aromatic rings. The van der Waals surface area contributed by atoms with Gasteiger partial charge in [-0.15, -0.1) is 0 Å². The molecule has 0 atom stereocenters. The van der Waals surface area contributed by atoms with Crippen LogP contribution in [0, 0.1) is 13.8 Å². The lowest BCUT2D eigenvalue weighted by Crippen LogP contribution is -2.18. The van der Waals surface area contributed by atoms with Crippen molar-refractivity contribution in [2.45, 2.75) is 26.7 Å². The predicted molar refractivity (Wildman–Crippen MR) is 127 cm³/mol. The number of ketones is 1. The fourth-order valence-corrected chi connectivity index (χ4v) is 3.36. The number of amides is 1. The van der Waals surface area contributed by atoms with Gasteiger partial charge in [0.15, 0.2) is 6.61 Å². The molecule has 6 heteroatoms. The van der Waals surface area contributed by atoms with Crippen molar-refractivity contribution < 1.29 is 23.9 Å². The van der Waals surface area contributed by atoms with Gasteiger partial charge in [-0.05, 0) is 61.7 Å². The van der Waals surface area contributed by atoms with E-state index in [4.69, 9.17) is 9.47 Å². The van der Waals surface area contributed by atoms with Crippen LogP contribution in [0.25, 0.3) is 0 Å². The first-order chi connectivity index (χ1) is 15.9. The van der Waals surface area contributed by atoms with Gasteiger partial charge in [0.05, 0.1) is 18.4 Å². The van der Waals surface area contributed by atoms with Gasteiger partial charge in [-0.3, -0.25) is 9.59 Å². The number of nitrogens with one attached hydrogen (secondary N) is 1. The molecule has 0 spiro atoms. The van der Waals surface area contributed by atoms with Crippen LogP contribution in [0.5, 0.6) is 5.75 Å². The Morgan fingerprint density at radius 2 is 1.61 bits per heavy atom. The summed E-state index contributed by atoms with van der Waals surface area (Å²) in [5.41, 5.74) is 3.86. The summed E-state index contributed by atoms with van der Waals surface area (Å²) in [5.74, 6) is -0.408. The van der Waals surface area contributed by atoms with E-state index in [1.165, 1.54) is 0 Å². The number of Topliss-reactive ketones (excluding diaryl/α,β-unsaturated/α-hetero) is 1. The zero-order valence-electron chi connectivity index (χ0n) is 19.0. The highest BCUT2D eigenvalue weighted by molar-refractivity contribution is 6.03. The minimum atomic E-state index is -0.667. The van der Waals surface area contributed by atoms with Crippen LogP contribution in [-0.2, 0) is 16.0 Å². The molecule has 170 valence electrons. The standard InChI is InChI=1S/C27H27NO5/c1-18-8-9-19(2)23(16-18)25(29)17-33-27(31)22-6-4-5-7-24(22)28-26(30)15-12-20-10-13-21(32-3)14-11-20/h4-11,13-14,16H,12,15,17H2,1-3H3,(H,28,30). The van der Waals surface area contributed by atoms with E-state index >= 15 is 0 Å². The molecule has 0 fully saturated rings. The molecule has 0 saturated heterocycles. The fraction of sp³-hybridized carbons (Fsp3) is 0.222. The molecule has 0 aliphatic rings. The largest absolute Gasteiger partial charge is 0.497 e. The van der Waals surface area contributed by atoms with Crippen LogP contribution < -0.4 is 10.1 Å². The van der Waals surface area contributed by atoms with Gasteiger partial charge < -0.3 is 14.8 Å². The third kappa shape index (κ3) is 6.53. The van der Waals surface area contributed by atoms with E-state index in [0.29, 0.717) is 17.7 Å². The number of rotatable bonds is 9. The second-order valence-electron chi connectivity index (χ2n) is 7.76. The number of methoxy groups -OCH3 is 1. The van der Waals surface area contributed by atoms with Crippen molar-refractivity contribution >= 4 is 23.3 Å². The molecule has 3 aromatic carbocycles. The predicted octanol–water partition coefficient (Wildman–Crippen LogP) is 4.92. The summed E-state index contributed by atoms with van der Waals surface area (Å²) in [6.45, 7) is 3.37. The van der Waals surface area contributed by atoms with Gasteiger partial charge in [0.25, 0.3) is 0 Å². The summed E-state index contributed by atoms with van der Waals surface area (Å²) in [7, 11) is 1.60. The third-order valence-corrected chi connectivity index (χ3v) is 5.25. The quantitative estimate of drug-likeness (QED) is 0.373. The van der Waals surface area contributed by atoms with Crippen LogP contribution in [0.15, 0.2) is 66.7 Å². The van der Waals surface area contributed by atoms with E-state index in [9.17, 15) is 14.4 Å². The Labute approximate surface area is 193 Å². The van der Waals surface area contributed by atoms with Gasteiger partial charge in [-0.25, -0.2) is 4.79 Å². The molecule has 1 N–H and O–H groups in total. The first-order valence-electron chi connectivity index (χ1n) is 10.7. The van der Waals surface area contributed by atoms with Gasteiger partial charge in [0.1, 0.15) is 5.75 Å². The lowest BCUT2D eigenvalue weighted by Gasteiger charge is -2.11. The van der Waals surface area contributed by atoms with Crippen LogP contribution in [0.3, 0.4) is 0 Å². The molecule has 3 rings (SSSR count). The highest BCUT2D eigenvalue weighted by atomic mass is 16.5. The van der Waals surface area contributed by atoms with Crippen molar-refractivity contribution in [1.29, 1.82) is 0 Å². The number of carbonyl (C=O) groups excluding carboxylic acids is 3. The van der Waals surface area contributed by atoms with Crippen molar-refractivity contribution in [2.24, 2.45) is 0 Å². The molecule has 0 radical (unpaired) electrons. The fourth-order valence-electron chi connectivity index (χ4n) is 3.36. The molecule has 0 heterocycles. The lowest BCUT2D eigenvalue weighted by atomic mass is 10.0. The van der Waals surface area contributed by atoms with Gasteiger partial charge in [-0.1, -0.05) is 42.0 Å². The first kappa shape index (κ1) is 23.7. The van der Waals surface area contributed by atoms with E-state index in [1.807, 2.05) is 50.2 Å². The number of para-hydroxylation sites is 1. The van der Waals surface area contributed by atoms with E-state index in [0.717, 1.165) is 22.4 Å². The Kier molecular flexibility index (Phi) is 7.97. The molecule has 0 aliphatic carbocycles. The van der Waals surface area contributed by atoms with Crippen molar-refractivity contribution in [1.82, 2.24) is 0 Å². The minimum absolute atomic E-state index is 0.198. The highest BCUT2D eigenvalue weighted by Gasteiger charge is 2.17. The summed E-state index contributed by atoms with van der Waals surface area (Å²) < 4.78 is 10.4. The summed E-state index contributed by atoms with van der Waals surface area (Å²) in [6, 6.07) is 19.7. The summed E-state index contributed by atoms with van der Waals surface area (Å²) in [6.07, 6.45) is 0.799. The Morgan fingerprint density at radius 1 is 0.879 bits per heavy atom. The second kappa shape index (κ2) is 11.1. The van der Waals surface area contributed by atoms with Gasteiger partial charge in [0.2, 0.25) is 11.7 Å². The van der Waals surface area contributed by atoms with E-state index < -0.39 is 5.97 Å². The van der Waals surface area contributed by atoms with E-state index in [-0.39, 0.29) is 30.3 Å². The maximum absolute atomic E-state index is 12.6. The summed E-state index contributed by atoms with van der Waals surface area (Å²) in [5, 5.41) is 2.77. The molecule has 33 heavy (non-hydrogen) atoms. The Morgan fingerprint density at radius 3 is 2.33 bits per heavy atom. The molecule has 0 saturated carbocycles. The van der Waals surface area contributed by atoms with E-state index in [2.05, 4.69) is 5.32 Å². The third-order valence-electron chi connectivity index (χ3n) is 5.25. The maximum atomic E-state index is 12.6. The average molecular weight is 446 g/mol. The number of anilines is 1. The molecule has 0 aromatic heterocycles. The van der Waals surface area contributed by atoms with Crippen LogP contribution in [0.1, 0.15) is 43.8 Å². The average Bonchev–Trinajstić information content (AvgIpc) is 2.83. The lowest BCUT2D eigenvalue weighted by molar-refractivity contribution is -0.116. The summed E-state index contributed by atoms with van der Waals surface area (Å²) in [4.78, 5) is 37.6. The number of benzene rings is 3. The molecular weight excluding hydrogens is 418 g/mol. The van der Waals surface area contributed by atoms with Gasteiger partial charge in [0, 0.05) is 12.0 Å². The zero-order valence-corrected chi connectivity index (χ0v) is 19.0. The Balaban J connectivity index is 1.59. The SMILES string of the molecule is COc1ccc(CCC(=O)Nc2ccccc2C(=O)OCC(=O)c2cc(C)ccc2C)cc1. The van der Waals surface area contributed by atoms with Crippen LogP contribution in [0.2, 0.25) is 0 Å². The van der Waals surface area contributed by atoms with E-state index in [1.54, 1.807) is 37.4 Å². The van der Waals surface area contributed by atoms with Gasteiger partial charge >= 0.3 is 5.97 Å². The normalized spacial score (nSPS) is 10.4. The number of aryl methyl sites for hydroxylation is 3. The molecule has 1 amide bonds. The first-order valence-corrected chi connectivity index (χ1v) is 10.7. The highest BCUT2D eigenvalue weighted by Crippen LogP contribution is 2.18. The molecule has 0 bridgehead atoms. The van der Waals surface area contributed by atoms with Crippen molar-refractivity contribution in [3.63, 3.8) is 0 Å². The monoisotopic (exact) mass is 445 g/mol. The number of hydrogen-bond acceptors (Lipinski definition) is 5. The number of hydrogen-bond donors (Lipinski definition) is 1. The minimum Gasteiger partial charge on any atom is -0.497 e. The molecular formula is C27H27NO5. The number of ether oxygens (including phenoxy) is 2. The Hall–Kier alpha value is -3.93. The molecule has 0 aliphatic heterocycles. The van der Waals surface area contributed by atoms with Crippen molar-refractivity contribution in [3.8, 4) is 5.75 Å². The van der Waals surface area contributed by atoms with Crippen molar-refractivity contribution in [3.05, 3.63) is 94.5 Å². The molecule has 0 unspecified atom stereocenters. The second-order valence-corrected chi connectivity index (χ2v) is 7.76. The summed E-state index contributed by atoms with van der Waals surface area (Å²) >= 11 is 0. The molecule has 6 nitrogen and oxygen atoms in total.